The number of benzene rings is 3. The lowest BCUT2D eigenvalue weighted by atomic mass is 10.1. The molecule has 10 heteroatoms. The van der Waals surface area contributed by atoms with E-state index in [-0.39, 0.29) is 32.3 Å². The predicted molar refractivity (Wildman–Crippen MR) is 121 cm³/mol. The average molecular weight is 489 g/mol. The highest BCUT2D eigenvalue weighted by molar-refractivity contribution is 6.41. The number of fused-ring (bicyclic) bond motifs is 1. The number of nitrogens with zero attached hydrogens (tertiary/aromatic N) is 2. The number of hydrogen-bond donors (Lipinski definition) is 3. The summed E-state index contributed by atoms with van der Waals surface area (Å²) in [4.78, 5) is 24.6. The minimum Gasteiger partial charge on any atom is -0.508 e. The summed E-state index contributed by atoms with van der Waals surface area (Å²) in [7, 11) is 0. The van der Waals surface area contributed by atoms with E-state index in [4.69, 9.17) is 33.0 Å². The monoisotopic (exact) mass is 488 g/mol. The summed E-state index contributed by atoms with van der Waals surface area (Å²) in [6, 6.07) is 15.3. The number of hydrogen-bond acceptors (Lipinski definition) is 6. The quantitative estimate of drug-likeness (QED) is 0.268. The lowest BCUT2D eigenvalue weighted by Gasteiger charge is -2.19. The SMILES string of the molecule is O=C(O)C(=O)N(O)c1ccc(Cl)c(Oc2ccc(O)c(CN3Cc4ccccc4C3)c2)c1Cl. The number of amides is 1. The Morgan fingerprint density at radius 1 is 1.03 bits per heavy atom. The molecule has 0 aliphatic carbocycles. The average Bonchev–Trinajstić information content (AvgIpc) is 3.20. The van der Waals surface area contributed by atoms with Gasteiger partial charge in [0.1, 0.15) is 16.5 Å². The van der Waals surface area contributed by atoms with Crippen LogP contribution in [0.25, 0.3) is 0 Å². The molecule has 1 heterocycles. The number of ether oxygens (including phenoxy) is 1. The first-order chi connectivity index (χ1) is 15.7. The van der Waals surface area contributed by atoms with Crippen molar-refractivity contribution in [2.24, 2.45) is 0 Å². The minimum atomic E-state index is -1.86. The fourth-order valence-electron chi connectivity index (χ4n) is 3.61. The summed E-state index contributed by atoms with van der Waals surface area (Å²) >= 11 is 12.4. The van der Waals surface area contributed by atoms with E-state index in [2.05, 4.69) is 17.0 Å². The summed E-state index contributed by atoms with van der Waals surface area (Å²) in [5.74, 6) is -3.15. The van der Waals surface area contributed by atoms with E-state index in [1.54, 1.807) is 6.07 Å². The van der Waals surface area contributed by atoms with Gasteiger partial charge in [0.05, 0.1) is 10.7 Å². The molecule has 3 aromatic rings. The molecule has 0 saturated heterocycles. The summed E-state index contributed by atoms with van der Waals surface area (Å²) in [5.41, 5.74) is 2.79. The van der Waals surface area contributed by atoms with Crippen LogP contribution in [0.5, 0.6) is 17.2 Å². The number of aromatic hydroxyl groups is 1. The van der Waals surface area contributed by atoms with Crippen molar-refractivity contribution in [1.82, 2.24) is 4.90 Å². The molecule has 1 amide bonds. The molecular formula is C23H18Cl2N2O6. The van der Waals surface area contributed by atoms with Crippen LogP contribution in [-0.4, -0.2) is 32.2 Å². The zero-order valence-corrected chi connectivity index (χ0v) is 18.5. The predicted octanol–water partition coefficient (Wildman–Crippen LogP) is 4.81. The van der Waals surface area contributed by atoms with Gasteiger partial charge in [-0.25, -0.2) is 4.79 Å². The second kappa shape index (κ2) is 9.29. The Labute approximate surface area is 198 Å². The summed E-state index contributed by atoms with van der Waals surface area (Å²) in [5, 5.41) is 28.8. The third kappa shape index (κ3) is 4.74. The zero-order chi connectivity index (χ0) is 23.7. The van der Waals surface area contributed by atoms with Crippen LogP contribution in [0.2, 0.25) is 10.0 Å². The third-order valence-corrected chi connectivity index (χ3v) is 5.87. The Kier molecular flexibility index (Phi) is 6.44. The van der Waals surface area contributed by atoms with Crippen LogP contribution in [0.15, 0.2) is 54.6 Å². The fraction of sp³-hybridized carbons (Fsp3) is 0.130. The Balaban J connectivity index is 1.57. The molecule has 8 nitrogen and oxygen atoms in total. The van der Waals surface area contributed by atoms with Gasteiger partial charge in [-0.1, -0.05) is 47.5 Å². The van der Waals surface area contributed by atoms with Crippen molar-refractivity contribution >= 4 is 40.8 Å². The van der Waals surface area contributed by atoms with E-state index in [9.17, 15) is 19.9 Å². The molecule has 3 N–H and O–H groups in total. The van der Waals surface area contributed by atoms with E-state index in [0.717, 1.165) is 13.1 Å². The van der Waals surface area contributed by atoms with Gasteiger partial charge in [0.15, 0.2) is 5.75 Å². The molecule has 33 heavy (non-hydrogen) atoms. The van der Waals surface area contributed by atoms with Gasteiger partial charge >= 0.3 is 11.9 Å². The number of hydroxylamine groups is 1. The molecule has 0 aromatic heterocycles. The van der Waals surface area contributed by atoms with E-state index in [1.165, 1.54) is 35.4 Å². The van der Waals surface area contributed by atoms with Crippen LogP contribution in [0.4, 0.5) is 5.69 Å². The number of carbonyl (C=O) groups excluding carboxylic acids is 1. The van der Waals surface area contributed by atoms with Crippen LogP contribution < -0.4 is 9.80 Å². The highest BCUT2D eigenvalue weighted by Gasteiger charge is 2.26. The number of aliphatic carboxylic acids is 1. The zero-order valence-electron chi connectivity index (χ0n) is 17.0. The molecule has 0 bridgehead atoms. The van der Waals surface area contributed by atoms with Crippen molar-refractivity contribution < 1.29 is 29.7 Å². The topological polar surface area (TPSA) is 111 Å². The lowest BCUT2D eigenvalue weighted by molar-refractivity contribution is -0.151. The first kappa shape index (κ1) is 22.9. The smallest absolute Gasteiger partial charge is 0.397 e. The van der Waals surface area contributed by atoms with Gasteiger partial charge in [-0.3, -0.25) is 14.9 Å². The van der Waals surface area contributed by atoms with Crippen LogP contribution in [0, 0.1) is 0 Å². The van der Waals surface area contributed by atoms with Crippen LogP contribution >= 0.6 is 23.2 Å². The van der Waals surface area contributed by atoms with E-state index >= 15 is 0 Å². The molecule has 4 rings (SSSR count). The first-order valence-corrected chi connectivity index (χ1v) is 10.5. The molecule has 0 atom stereocenters. The maximum Gasteiger partial charge on any atom is 0.397 e. The maximum atomic E-state index is 11.6. The molecule has 3 aromatic carbocycles. The highest BCUT2D eigenvalue weighted by Crippen LogP contribution is 2.42. The van der Waals surface area contributed by atoms with Gasteiger partial charge in [-0.15, -0.1) is 0 Å². The maximum absolute atomic E-state index is 11.6. The summed E-state index contributed by atoms with van der Waals surface area (Å²) in [6.45, 7) is 1.98. The van der Waals surface area contributed by atoms with Crippen LogP contribution in [0.3, 0.4) is 0 Å². The highest BCUT2D eigenvalue weighted by atomic mass is 35.5. The molecule has 0 fully saturated rings. The molecule has 0 radical (unpaired) electrons. The number of carboxylic acids is 1. The Hall–Kier alpha value is -3.30. The van der Waals surface area contributed by atoms with Gasteiger partial charge in [0.25, 0.3) is 0 Å². The van der Waals surface area contributed by atoms with Crippen molar-refractivity contribution in [2.45, 2.75) is 19.6 Å². The van der Waals surface area contributed by atoms with Crippen molar-refractivity contribution in [1.29, 1.82) is 0 Å². The summed E-state index contributed by atoms with van der Waals surface area (Å²) < 4.78 is 5.80. The number of carboxylic acid groups (broad SMARTS) is 1. The molecule has 170 valence electrons. The second-order valence-electron chi connectivity index (χ2n) is 7.44. The Bertz CT molecular complexity index is 1220. The van der Waals surface area contributed by atoms with Gasteiger partial charge in [-0.2, -0.15) is 5.06 Å². The molecule has 0 spiro atoms. The van der Waals surface area contributed by atoms with Crippen LogP contribution in [0.1, 0.15) is 16.7 Å². The van der Waals surface area contributed by atoms with E-state index < -0.39 is 11.9 Å². The molecule has 1 aliphatic rings. The first-order valence-electron chi connectivity index (χ1n) is 9.77. The van der Waals surface area contributed by atoms with Gasteiger partial charge in [0.2, 0.25) is 0 Å². The number of phenols is 1. The van der Waals surface area contributed by atoms with E-state index in [0.29, 0.717) is 17.9 Å². The number of rotatable bonds is 5. The minimum absolute atomic E-state index is 0.0736. The van der Waals surface area contributed by atoms with Crippen molar-refractivity contribution in [3.63, 3.8) is 0 Å². The summed E-state index contributed by atoms with van der Waals surface area (Å²) in [6.07, 6.45) is 0. The van der Waals surface area contributed by atoms with Crippen molar-refractivity contribution in [3.8, 4) is 17.2 Å². The third-order valence-electron chi connectivity index (χ3n) is 5.20. The van der Waals surface area contributed by atoms with Gasteiger partial charge in [-0.05, 0) is 41.5 Å². The lowest BCUT2D eigenvalue weighted by Crippen LogP contribution is -2.33. The van der Waals surface area contributed by atoms with E-state index in [1.807, 2.05) is 12.1 Å². The molecule has 0 saturated carbocycles. The Morgan fingerprint density at radius 3 is 2.33 bits per heavy atom. The molecule has 1 aliphatic heterocycles. The molecule has 0 unspecified atom stereocenters. The van der Waals surface area contributed by atoms with Crippen molar-refractivity contribution in [2.75, 3.05) is 5.06 Å². The van der Waals surface area contributed by atoms with Crippen molar-refractivity contribution in [3.05, 3.63) is 81.3 Å². The standard InChI is InChI=1S/C23H18Cl2N2O6/c24-17-6-7-18(27(32)22(29)23(30)31)20(25)21(17)33-16-5-8-19(28)15(9-16)12-26-10-13-3-1-2-4-14(13)11-26/h1-9,28,32H,10-12H2,(H,30,31). The fourth-order valence-corrected chi connectivity index (χ4v) is 4.13. The van der Waals surface area contributed by atoms with Crippen LogP contribution in [-0.2, 0) is 29.2 Å². The molecular weight excluding hydrogens is 471 g/mol. The van der Waals surface area contributed by atoms with Gasteiger partial charge < -0.3 is 14.9 Å². The largest absolute Gasteiger partial charge is 0.508 e. The number of phenolic OH excluding ortho intramolecular Hbond substituents is 1. The Morgan fingerprint density at radius 2 is 1.70 bits per heavy atom. The number of carbonyl (C=O) groups is 2. The van der Waals surface area contributed by atoms with Gasteiger partial charge in [0, 0.05) is 25.2 Å². The second-order valence-corrected chi connectivity index (χ2v) is 8.22. The number of anilines is 1. The normalized spacial score (nSPS) is 12.9. The number of halogens is 2.